The minimum atomic E-state index is -0.923. The van der Waals surface area contributed by atoms with Gasteiger partial charge in [-0.05, 0) is 30.9 Å². The highest BCUT2D eigenvalue weighted by Crippen LogP contribution is 2.33. The molecule has 8 heteroatoms. The van der Waals surface area contributed by atoms with Gasteiger partial charge in [0.1, 0.15) is 6.04 Å². The van der Waals surface area contributed by atoms with Gasteiger partial charge in [-0.3, -0.25) is 34.3 Å². The van der Waals surface area contributed by atoms with E-state index >= 15 is 0 Å². The Bertz CT molecular complexity index is 898. The van der Waals surface area contributed by atoms with Crippen LogP contribution in [0.1, 0.15) is 52.0 Å². The van der Waals surface area contributed by atoms with E-state index in [1.807, 2.05) is 6.07 Å². The first-order valence-corrected chi connectivity index (χ1v) is 9.85. The Morgan fingerprint density at radius 2 is 1.89 bits per heavy atom. The SMILES string of the molecule is O=C1CCC(N2C(=O)c3cccc(CN4CCN[C@@H]5CC[C@H]54)c3C2=O)C(=O)N1. The number of rotatable bonds is 3. The molecule has 0 aromatic heterocycles. The van der Waals surface area contributed by atoms with Gasteiger partial charge in [0, 0.05) is 38.1 Å². The maximum atomic E-state index is 13.2. The van der Waals surface area contributed by atoms with E-state index in [4.69, 9.17) is 0 Å². The number of imide groups is 2. The molecule has 0 radical (unpaired) electrons. The van der Waals surface area contributed by atoms with Crippen molar-refractivity contribution in [3.63, 3.8) is 0 Å². The second kappa shape index (κ2) is 6.49. The molecule has 4 aliphatic rings. The average molecular weight is 382 g/mol. The van der Waals surface area contributed by atoms with Gasteiger partial charge in [0.15, 0.2) is 0 Å². The van der Waals surface area contributed by atoms with Crippen molar-refractivity contribution >= 4 is 23.6 Å². The second-order valence-electron chi connectivity index (χ2n) is 7.96. The first-order valence-electron chi connectivity index (χ1n) is 9.85. The van der Waals surface area contributed by atoms with E-state index in [-0.39, 0.29) is 18.7 Å². The van der Waals surface area contributed by atoms with Gasteiger partial charge < -0.3 is 5.32 Å². The van der Waals surface area contributed by atoms with Gasteiger partial charge in [0.2, 0.25) is 11.8 Å². The summed E-state index contributed by atoms with van der Waals surface area (Å²) in [7, 11) is 0. The number of hydrogen-bond acceptors (Lipinski definition) is 6. The van der Waals surface area contributed by atoms with Crippen LogP contribution < -0.4 is 10.6 Å². The van der Waals surface area contributed by atoms with Crippen LogP contribution in [-0.2, 0) is 16.1 Å². The Balaban J connectivity index is 1.43. The molecule has 3 heterocycles. The normalized spacial score (nSPS) is 30.0. The molecule has 1 aliphatic carbocycles. The molecule has 4 amide bonds. The van der Waals surface area contributed by atoms with Crippen molar-refractivity contribution in [1.29, 1.82) is 0 Å². The molecule has 3 atom stereocenters. The van der Waals surface area contributed by atoms with Gasteiger partial charge >= 0.3 is 0 Å². The fraction of sp³-hybridized carbons (Fsp3) is 0.500. The zero-order valence-corrected chi connectivity index (χ0v) is 15.4. The van der Waals surface area contributed by atoms with Crippen LogP contribution in [0.3, 0.4) is 0 Å². The monoisotopic (exact) mass is 382 g/mol. The predicted octanol–water partition coefficient (Wildman–Crippen LogP) is 0.0240. The molecule has 3 aliphatic heterocycles. The van der Waals surface area contributed by atoms with E-state index in [1.165, 1.54) is 6.42 Å². The number of nitrogens with zero attached hydrogens (tertiary/aromatic N) is 2. The van der Waals surface area contributed by atoms with Crippen molar-refractivity contribution in [2.45, 2.75) is 50.4 Å². The molecule has 28 heavy (non-hydrogen) atoms. The summed E-state index contributed by atoms with van der Waals surface area (Å²) in [4.78, 5) is 53.2. The Labute approximate surface area is 162 Å². The Hall–Kier alpha value is -2.58. The standard InChI is InChI=1S/C20H22N4O4/c25-16-7-6-15(18(26)22-16)24-19(27)12-3-1-2-11(17(12)20(24)28)10-23-9-8-21-13-4-5-14(13)23/h1-3,13-15,21H,4-10H2,(H,22,25,26)/t13-,14-,15?/m1/s1. The fourth-order valence-electron chi connectivity index (χ4n) is 4.85. The lowest BCUT2D eigenvalue weighted by molar-refractivity contribution is -0.136. The minimum absolute atomic E-state index is 0.126. The number of nitrogens with one attached hydrogen (secondary N) is 2. The summed E-state index contributed by atoms with van der Waals surface area (Å²) in [6.07, 6.45) is 2.62. The van der Waals surface area contributed by atoms with Crippen LogP contribution in [0.4, 0.5) is 0 Å². The van der Waals surface area contributed by atoms with Crippen LogP contribution in [0.25, 0.3) is 0 Å². The molecule has 0 bridgehead atoms. The Kier molecular flexibility index (Phi) is 4.06. The first kappa shape index (κ1) is 17.5. The van der Waals surface area contributed by atoms with Gasteiger partial charge in [-0.25, -0.2) is 0 Å². The highest BCUT2D eigenvalue weighted by atomic mass is 16.2. The number of carbonyl (C=O) groups excluding carboxylic acids is 4. The molecule has 5 rings (SSSR count). The lowest BCUT2D eigenvalue weighted by Gasteiger charge is -2.49. The summed E-state index contributed by atoms with van der Waals surface area (Å²) in [5.74, 6) is -1.82. The third-order valence-corrected chi connectivity index (χ3v) is 6.44. The van der Waals surface area contributed by atoms with Gasteiger partial charge in [0.25, 0.3) is 11.8 Å². The molecular weight excluding hydrogens is 360 g/mol. The highest BCUT2D eigenvalue weighted by Gasteiger charge is 2.46. The highest BCUT2D eigenvalue weighted by molar-refractivity contribution is 6.24. The van der Waals surface area contributed by atoms with Crippen molar-refractivity contribution in [2.75, 3.05) is 13.1 Å². The van der Waals surface area contributed by atoms with E-state index in [9.17, 15) is 19.2 Å². The van der Waals surface area contributed by atoms with Gasteiger partial charge in [-0.2, -0.15) is 0 Å². The fourth-order valence-corrected chi connectivity index (χ4v) is 4.85. The van der Waals surface area contributed by atoms with Crippen molar-refractivity contribution in [1.82, 2.24) is 20.4 Å². The summed E-state index contributed by atoms with van der Waals surface area (Å²) >= 11 is 0. The lowest BCUT2D eigenvalue weighted by Crippen LogP contribution is -2.62. The minimum Gasteiger partial charge on any atom is -0.311 e. The number of fused-ring (bicyclic) bond motifs is 2. The van der Waals surface area contributed by atoms with Crippen LogP contribution in [0.5, 0.6) is 0 Å². The van der Waals surface area contributed by atoms with Crippen molar-refractivity contribution in [3.05, 3.63) is 34.9 Å². The van der Waals surface area contributed by atoms with Gasteiger partial charge in [0.05, 0.1) is 11.1 Å². The molecule has 1 aromatic rings. The van der Waals surface area contributed by atoms with E-state index in [0.29, 0.717) is 29.8 Å². The molecule has 2 saturated heterocycles. The van der Waals surface area contributed by atoms with Crippen LogP contribution in [0.15, 0.2) is 18.2 Å². The predicted molar refractivity (Wildman–Crippen MR) is 98.3 cm³/mol. The topological polar surface area (TPSA) is 98.8 Å². The van der Waals surface area contributed by atoms with Crippen molar-refractivity contribution in [3.8, 4) is 0 Å². The molecule has 2 N–H and O–H groups in total. The number of piperazine rings is 1. The summed E-state index contributed by atoms with van der Waals surface area (Å²) in [5, 5.41) is 5.75. The number of piperidine rings is 1. The first-order chi connectivity index (χ1) is 13.5. The summed E-state index contributed by atoms with van der Waals surface area (Å²) in [6, 6.07) is 5.41. The number of amides is 4. The van der Waals surface area contributed by atoms with Gasteiger partial charge in [-0.1, -0.05) is 12.1 Å². The smallest absolute Gasteiger partial charge is 0.262 e. The average Bonchev–Trinajstić information content (AvgIpc) is 2.89. The summed E-state index contributed by atoms with van der Waals surface area (Å²) in [5.41, 5.74) is 1.59. The summed E-state index contributed by atoms with van der Waals surface area (Å²) < 4.78 is 0. The van der Waals surface area contributed by atoms with Crippen LogP contribution in [0.2, 0.25) is 0 Å². The van der Waals surface area contributed by atoms with Crippen molar-refractivity contribution < 1.29 is 19.2 Å². The molecule has 1 unspecified atom stereocenters. The third kappa shape index (κ3) is 2.59. The Morgan fingerprint density at radius 3 is 2.64 bits per heavy atom. The zero-order chi connectivity index (χ0) is 19.4. The summed E-state index contributed by atoms with van der Waals surface area (Å²) in [6.45, 7) is 2.45. The maximum absolute atomic E-state index is 13.2. The zero-order valence-electron chi connectivity index (χ0n) is 15.4. The molecular formula is C20H22N4O4. The number of hydrogen-bond donors (Lipinski definition) is 2. The molecule has 146 valence electrons. The molecule has 8 nitrogen and oxygen atoms in total. The maximum Gasteiger partial charge on any atom is 0.262 e. The van der Waals surface area contributed by atoms with Crippen LogP contribution >= 0.6 is 0 Å². The quantitative estimate of drug-likeness (QED) is 0.716. The van der Waals surface area contributed by atoms with Crippen molar-refractivity contribution in [2.24, 2.45) is 0 Å². The van der Waals surface area contributed by atoms with E-state index < -0.39 is 23.8 Å². The lowest BCUT2D eigenvalue weighted by atomic mass is 9.83. The van der Waals surface area contributed by atoms with Crippen LogP contribution in [0, 0.1) is 0 Å². The van der Waals surface area contributed by atoms with E-state index in [0.717, 1.165) is 30.0 Å². The van der Waals surface area contributed by atoms with Gasteiger partial charge in [-0.15, -0.1) is 0 Å². The third-order valence-electron chi connectivity index (χ3n) is 6.44. The molecule has 1 saturated carbocycles. The second-order valence-corrected chi connectivity index (χ2v) is 7.96. The molecule has 3 fully saturated rings. The molecule has 1 aromatic carbocycles. The largest absolute Gasteiger partial charge is 0.311 e. The number of carbonyl (C=O) groups is 4. The van der Waals surface area contributed by atoms with E-state index in [2.05, 4.69) is 15.5 Å². The van der Waals surface area contributed by atoms with Crippen LogP contribution in [-0.4, -0.2) is 64.6 Å². The van der Waals surface area contributed by atoms with E-state index in [1.54, 1.807) is 12.1 Å². The number of benzene rings is 1. The molecule has 0 spiro atoms. The Morgan fingerprint density at radius 1 is 1.04 bits per heavy atom.